The lowest BCUT2D eigenvalue weighted by Gasteiger charge is -2.26. The van der Waals surface area contributed by atoms with Gasteiger partial charge in [0.25, 0.3) is 0 Å². The Hall–Kier alpha value is -1.07. The van der Waals surface area contributed by atoms with Crippen LogP contribution < -0.4 is 5.32 Å². The van der Waals surface area contributed by atoms with Gasteiger partial charge in [0.05, 0.1) is 12.1 Å². The van der Waals surface area contributed by atoms with Gasteiger partial charge in [-0.05, 0) is 31.9 Å². The summed E-state index contributed by atoms with van der Waals surface area (Å²) in [5.74, 6) is -3.40. The van der Waals surface area contributed by atoms with Gasteiger partial charge in [-0.1, -0.05) is 6.07 Å². The van der Waals surface area contributed by atoms with E-state index < -0.39 is 23.5 Å². The number of hydrogen-bond donors (Lipinski definition) is 1. The SMILES string of the molecule is CNC(c1ccc(F)c(F)c1F)C(OC)C1CC1. The standard InChI is InChI=1S/C13H16F3NO/c1-17-12(13(18-2)7-3-4-7)8-5-6-9(14)11(16)10(8)15/h5-7,12-13,17H,3-4H2,1-2H3. The van der Waals surface area contributed by atoms with Gasteiger partial charge in [0, 0.05) is 12.7 Å². The van der Waals surface area contributed by atoms with E-state index in [0.29, 0.717) is 5.92 Å². The Kier molecular flexibility index (Phi) is 3.92. The second-order valence-electron chi connectivity index (χ2n) is 4.57. The molecule has 1 aliphatic carbocycles. The molecule has 2 unspecified atom stereocenters. The number of rotatable bonds is 5. The van der Waals surface area contributed by atoms with Crippen molar-refractivity contribution in [1.29, 1.82) is 0 Å². The lowest BCUT2D eigenvalue weighted by atomic mass is 9.97. The number of benzene rings is 1. The fourth-order valence-electron chi connectivity index (χ4n) is 2.30. The minimum Gasteiger partial charge on any atom is -0.379 e. The topological polar surface area (TPSA) is 21.3 Å². The van der Waals surface area contributed by atoms with Gasteiger partial charge in [-0.3, -0.25) is 0 Å². The number of hydrogen-bond acceptors (Lipinski definition) is 2. The zero-order valence-corrected chi connectivity index (χ0v) is 10.3. The maximum atomic E-state index is 13.8. The minimum absolute atomic E-state index is 0.107. The number of halogens is 3. The molecular formula is C13H16F3NO. The van der Waals surface area contributed by atoms with Gasteiger partial charge in [0.1, 0.15) is 0 Å². The molecule has 0 saturated heterocycles. The Bertz CT molecular complexity index is 434. The summed E-state index contributed by atoms with van der Waals surface area (Å²) in [5.41, 5.74) is 0.107. The molecule has 1 N–H and O–H groups in total. The Balaban J connectivity index is 2.34. The molecule has 0 radical (unpaired) electrons. The highest BCUT2D eigenvalue weighted by Gasteiger charge is 2.38. The van der Waals surface area contributed by atoms with E-state index in [1.54, 1.807) is 14.2 Å². The molecule has 1 aromatic carbocycles. The van der Waals surface area contributed by atoms with Crippen molar-refractivity contribution in [2.24, 2.45) is 5.92 Å². The van der Waals surface area contributed by atoms with E-state index in [4.69, 9.17) is 4.74 Å². The molecule has 0 bridgehead atoms. The summed E-state index contributed by atoms with van der Waals surface area (Å²) in [6, 6.07) is 1.73. The monoisotopic (exact) mass is 259 g/mol. The van der Waals surface area contributed by atoms with Crippen molar-refractivity contribution < 1.29 is 17.9 Å². The molecule has 1 fully saturated rings. The van der Waals surface area contributed by atoms with Crippen LogP contribution in [0.1, 0.15) is 24.4 Å². The Morgan fingerprint density at radius 2 is 1.89 bits per heavy atom. The smallest absolute Gasteiger partial charge is 0.194 e. The molecule has 0 aliphatic heterocycles. The summed E-state index contributed by atoms with van der Waals surface area (Å²) in [7, 11) is 3.20. The Labute approximate surface area is 104 Å². The maximum absolute atomic E-state index is 13.8. The largest absolute Gasteiger partial charge is 0.379 e. The van der Waals surface area contributed by atoms with E-state index in [0.717, 1.165) is 18.9 Å². The zero-order chi connectivity index (χ0) is 13.3. The molecule has 18 heavy (non-hydrogen) atoms. The van der Waals surface area contributed by atoms with Crippen LogP contribution in [0.4, 0.5) is 13.2 Å². The highest BCUT2D eigenvalue weighted by molar-refractivity contribution is 5.25. The number of ether oxygens (including phenoxy) is 1. The van der Waals surface area contributed by atoms with E-state index in [2.05, 4.69) is 5.32 Å². The first-order chi connectivity index (χ1) is 8.60. The summed E-state index contributed by atoms with van der Waals surface area (Å²) in [5, 5.41) is 2.92. The van der Waals surface area contributed by atoms with Crippen LogP contribution in [0.5, 0.6) is 0 Å². The minimum atomic E-state index is -1.43. The molecule has 1 aromatic rings. The number of likely N-dealkylation sites (N-methyl/N-ethyl adjacent to an activating group) is 1. The number of nitrogens with one attached hydrogen (secondary N) is 1. The average Bonchev–Trinajstić information content (AvgIpc) is 3.18. The van der Waals surface area contributed by atoms with Gasteiger partial charge in [0.2, 0.25) is 0 Å². The second-order valence-corrected chi connectivity index (χ2v) is 4.57. The quantitative estimate of drug-likeness (QED) is 0.821. The van der Waals surface area contributed by atoms with Crippen molar-refractivity contribution in [2.45, 2.75) is 25.0 Å². The van der Waals surface area contributed by atoms with Gasteiger partial charge < -0.3 is 10.1 Å². The summed E-state index contributed by atoms with van der Waals surface area (Å²) in [6.45, 7) is 0. The highest BCUT2D eigenvalue weighted by atomic mass is 19.2. The molecule has 1 aliphatic rings. The van der Waals surface area contributed by atoms with Crippen molar-refractivity contribution in [3.8, 4) is 0 Å². The summed E-state index contributed by atoms with van der Waals surface area (Å²) in [4.78, 5) is 0. The van der Waals surface area contributed by atoms with Crippen molar-refractivity contribution in [3.05, 3.63) is 35.1 Å². The van der Waals surface area contributed by atoms with Crippen LogP contribution in [0, 0.1) is 23.4 Å². The first-order valence-corrected chi connectivity index (χ1v) is 5.93. The zero-order valence-electron chi connectivity index (χ0n) is 10.3. The first kappa shape index (κ1) is 13.4. The number of methoxy groups -OCH3 is 1. The van der Waals surface area contributed by atoms with Crippen LogP contribution in [-0.2, 0) is 4.74 Å². The van der Waals surface area contributed by atoms with Crippen molar-refractivity contribution in [2.75, 3.05) is 14.2 Å². The van der Waals surface area contributed by atoms with E-state index in [9.17, 15) is 13.2 Å². The van der Waals surface area contributed by atoms with Crippen molar-refractivity contribution in [1.82, 2.24) is 5.32 Å². The summed E-state index contributed by atoms with van der Waals surface area (Å²) in [6.07, 6.45) is 1.80. The van der Waals surface area contributed by atoms with E-state index >= 15 is 0 Å². The second kappa shape index (κ2) is 5.28. The molecule has 2 nitrogen and oxygen atoms in total. The highest BCUT2D eigenvalue weighted by Crippen LogP contribution is 2.40. The first-order valence-electron chi connectivity index (χ1n) is 5.93. The van der Waals surface area contributed by atoms with Crippen LogP contribution in [0.25, 0.3) is 0 Å². The molecule has 0 amide bonds. The third kappa shape index (κ3) is 2.37. The fraction of sp³-hybridized carbons (Fsp3) is 0.538. The molecule has 100 valence electrons. The Morgan fingerprint density at radius 1 is 1.22 bits per heavy atom. The van der Waals surface area contributed by atoms with Crippen LogP contribution >= 0.6 is 0 Å². The predicted molar refractivity (Wildman–Crippen MR) is 61.6 cm³/mol. The van der Waals surface area contributed by atoms with Gasteiger partial charge in [-0.25, -0.2) is 13.2 Å². The third-order valence-electron chi connectivity index (χ3n) is 3.40. The molecule has 5 heteroatoms. The Morgan fingerprint density at radius 3 is 2.39 bits per heavy atom. The predicted octanol–water partition coefficient (Wildman–Crippen LogP) is 2.79. The van der Waals surface area contributed by atoms with Gasteiger partial charge >= 0.3 is 0 Å². The van der Waals surface area contributed by atoms with E-state index in [1.807, 2.05) is 0 Å². The summed E-state index contributed by atoms with van der Waals surface area (Å²) < 4.78 is 45.3. The molecule has 2 rings (SSSR count). The molecule has 0 spiro atoms. The van der Waals surface area contributed by atoms with Crippen molar-refractivity contribution in [3.63, 3.8) is 0 Å². The molecule has 0 heterocycles. The average molecular weight is 259 g/mol. The fourth-order valence-corrected chi connectivity index (χ4v) is 2.30. The van der Waals surface area contributed by atoms with Gasteiger partial charge in [0.15, 0.2) is 17.5 Å². The van der Waals surface area contributed by atoms with Crippen LogP contribution in [0.3, 0.4) is 0 Å². The van der Waals surface area contributed by atoms with Crippen LogP contribution in [-0.4, -0.2) is 20.3 Å². The van der Waals surface area contributed by atoms with Crippen LogP contribution in [0.2, 0.25) is 0 Å². The van der Waals surface area contributed by atoms with E-state index in [1.165, 1.54) is 6.07 Å². The molecule has 0 aromatic heterocycles. The molecule has 2 atom stereocenters. The van der Waals surface area contributed by atoms with Gasteiger partial charge in [-0.15, -0.1) is 0 Å². The lowest BCUT2D eigenvalue weighted by molar-refractivity contribution is 0.0517. The lowest BCUT2D eigenvalue weighted by Crippen LogP contribution is -2.33. The van der Waals surface area contributed by atoms with Gasteiger partial charge in [-0.2, -0.15) is 0 Å². The normalized spacial score (nSPS) is 18.7. The molecule has 1 saturated carbocycles. The maximum Gasteiger partial charge on any atom is 0.194 e. The van der Waals surface area contributed by atoms with E-state index in [-0.39, 0.29) is 11.7 Å². The van der Waals surface area contributed by atoms with Crippen molar-refractivity contribution >= 4 is 0 Å². The van der Waals surface area contributed by atoms with Crippen LogP contribution in [0.15, 0.2) is 12.1 Å². The molecular weight excluding hydrogens is 243 g/mol. The third-order valence-corrected chi connectivity index (χ3v) is 3.40. The summed E-state index contributed by atoms with van der Waals surface area (Å²) >= 11 is 0.